The summed E-state index contributed by atoms with van der Waals surface area (Å²) in [6.45, 7) is 3.09. The lowest BCUT2D eigenvalue weighted by Crippen LogP contribution is -2.37. The van der Waals surface area contributed by atoms with E-state index < -0.39 is 0 Å². The topological polar surface area (TPSA) is 41.1 Å². The second kappa shape index (κ2) is 6.17. The van der Waals surface area contributed by atoms with Gasteiger partial charge in [-0.1, -0.05) is 19.4 Å². The number of carbonyl (C=O) groups excluding carboxylic acids is 1. The predicted molar refractivity (Wildman–Crippen MR) is 71.1 cm³/mol. The van der Waals surface area contributed by atoms with Gasteiger partial charge < -0.3 is 10.6 Å². The summed E-state index contributed by atoms with van der Waals surface area (Å²) >= 11 is 1.80. The summed E-state index contributed by atoms with van der Waals surface area (Å²) in [7, 11) is 0. The molecule has 0 spiro atoms. The Hall–Kier alpha value is -0.870. The van der Waals surface area contributed by atoms with Gasteiger partial charge in [-0.3, -0.25) is 4.79 Å². The Morgan fingerprint density at radius 1 is 1.65 bits per heavy atom. The quantitative estimate of drug-likeness (QED) is 0.816. The zero-order valence-electron chi connectivity index (χ0n) is 10.2. The minimum atomic E-state index is 0.194. The van der Waals surface area contributed by atoms with Gasteiger partial charge in [0.25, 0.3) is 0 Å². The molecule has 2 unspecified atom stereocenters. The van der Waals surface area contributed by atoms with Crippen LogP contribution in [0.2, 0.25) is 0 Å². The smallest absolute Gasteiger partial charge is 0.220 e. The van der Waals surface area contributed by atoms with Crippen molar-refractivity contribution < 1.29 is 4.79 Å². The van der Waals surface area contributed by atoms with E-state index in [1.54, 1.807) is 11.3 Å². The van der Waals surface area contributed by atoms with Gasteiger partial charge in [0.05, 0.1) is 0 Å². The van der Waals surface area contributed by atoms with Crippen molar-refractivity contribution in [1.29, 1.82) is 0 Å². The molecule has 2 N–H and O–H groups in total. The van der Waals surface area contributed by atoms with Crippen molar-refractivity contribution in [3.63, 3.8) is 0 Å². The average Bonchev–Trinajstić information content (AvgIpc) is 2.95. The molecule has 3 nitrogen and oxygen atoms in total. The molecule has 0 saturated carbocycles. The second-order valence-electron chi connectivity index (χ2n) is 4.57. The maximum atomic E-state index is 11.1. The minimum Gasteiger partial charge on any atom is -0.352 e. The molecule has 1 fully saturated rings. The zero-order valence-corrected chi connectivity index (χ0v) is 11.1. The molecule has 1 aliphatic rings. The molecule has 94 valence electrons. The monoisotopic (exact) mass is 252 g/mol. The molecule has 2 heterocycles. The van der Waals surface area contributed by atoms with Crippen LogP contribution in [0, 0.1) is 0 Å². The van der Waals surface area contributed by atoms with Crippen LogP contribution < -0.4 is 10.6 Å². The van der Waals surface area contributed by atoms with Gasteiger partial charge in [0.15, 0.2) is 0 Å². The van der Waals surface area contributed by atoms with Gasteiger partial charge in [-0.15, -0.1) is 11.3 Å². The van der Waals surface area contributed by atoms with Crippen LogP contribution in [0.1, 0.15) is 43.5 Å². The highest BCUT2D eigenvalue weighted by atomic mass is 32.1. The van der Waals surface area contributed by atoms with Crippen LogP contribution in [-0.4, -0.2) is 18.5 Å². The number of carbonyl (C=O) groups is 1. The van der Waals surface area contributed by atoms with E-state index in [0.29, 0.717) is 18.5 Å². The third-order valence-corrected chi connectivity index (χ3v) is 4.15. The molecule has 4 heteroatoms. The Morgan fingerprint density at radius 2 is 2.53 bits per heavy atom. The van der Waals surface area contributed by atoms with Crippen LogP contribution in [0.3, 0.4) is 0 Å². The van der Waals surface area contributed by atoms with Crippen molar-refractivity contribution >= 4 is 17.2 Å². The average molecular weight is 252 g/mol. The zero-order chi connectivity index (χ0) is 12.1. The predicted octanol–water partition coefficient (Wildman–Crippen LogP) is 2.46. The minimum absolute atomic E-state index is 0.194. The molecule has 1 saturated heterocycles. The summed E-state index contributed by atoms with van der Waals surface area (Å²) in [6, 6.07) is 5.05. The lowest BCUT2D eigenvalue weighted by Gasteiger charge is -2.19. The molecule has 1 aromatic rings. The molecule has 1 aliphatic heterocycles. The molecule has 0 radical (unpaired) electrons. The lowest BCUT2D eigenvalue weighted by molar-refractivity contribution is -0.119. The van der Waals surface area contributed by atoms with Crippen LogP contribution in [0.4, 0.5) is 0 Å². The van der Waals surface area contributed by atoms with E-state index in [0.717, 1.165) is 19.4 Å². The van der Waals surface area contributed by atoms with Crippen molar-refractivity contribution in [2.24, 2.45) is 0 Å². The highest BCUT2D eigenvalue weighted by molar-refractivity contribution is 7.10. The van der Waals surface area contributed by atoms with Crippen molar-refractivity contribution in [2.45, 2.75) is 44.7 Å². The van der Waals surface area contributed by atoms with Gasteiger partial charge in [0, 0.05) is 29.9 Å². The maximum absolute atomic E-state index is 11.1. The van der Waals surface area contributed by atoms with Crippen LogP contribution in [0.25, 0.3) is 0 Å². The second-order valence-corrected chi connectivity index (χ2v) is 5.55. The standard InChI is InChI=1S/C13H20N2OS/c1-2-4-11(12-5-3-8-17-12)14-9-10-6-7-13(16)15-10/h3,5,8,10-11,14H,2,4,6-7,9H2,1H3,(H,15,16). The first kappa shape index (κ1) is 12.6. The van der Waals surface area contributed by atoms with Crippen LogP contribution in [-0.2, 0) is 4.79 Å². The summed E-state index contributed by atoms with van der Waals surface area (Å²) in [5.41, 5.74) is 0. The summed E-state index contributed by atoms with van der Waals surface area (Å²) in [5, 5.41) is 8.70. The summed E-state index contributed by atoms with van der Waals surface area (Å²) in [5.74, 6) is 0.194. The summed E-state index contributed by atoms with van der Waals surface area (Å²) in [4.78, 5) is 12.5. The first-order valence-corrected chi connectivity index (χ1v) is 7.23. The number of hydrogen-bond acceptors (Lipinski definition) is 3. The number of nitrogens with one attached hydrogen (secondary N) is 2. The van der Waals surface area contributed by atoms with Crippen LogP contribution in [0.5, 0.6) is 0 Å². The number of thiophene rings is 1. The van der Waals surface area contributed by atoms with E-state index in [-0.39, 0.29) is 5.91 Å². The normalized spacial score (nSPS) is 21.5. The van der Waals surface area contributed by atoms with Crippen LogP contribution in [0.15, 0.2) is 17.5 Å². The third kappa shape index (κ3) is 3.54. The first-order chi connectivity index (χ1) is 8.29. The third-order valence-electron chi connectivity index (χ3n) is 3.16. The highest BCUT2D eigenvalue weighted by Gasteiger charge is 2.21. The van der Waals surface area contributed by atoms with Gasteiger partial charge in [-0.2, -0.15) is 0 Å². The van der Waals surface area contributed by atoms with E-state index in [2.05, 4.69) is 35.1 Å². The molecular formula is C13H20N2OS. The number of rotatable bonds is 6. The fourth-order valence-electron chi connectivity index (χ4n) is 2.24. The molecule has 0 bridgehead atoms. The Labute approximate surface area is 107 Å². The van der Waals surface area contributed by atoms with E-state index in [9.17, 15) is 4.79 Å². The highest BCUT2D eigenvalue weighted by Crippen LogP contribution is 2.23. The van der Waals surface area contributed by atoms with E-state index in [1.165, 1.54) is 11.3 Å². The summed E-state index contributed by atoms with van der Waals surface area (Å²) < 4.78 is 0. The summed E-state index contributed by atoms with van der Waals surface area (Å²) in [6.07, 6.45) is 3.98. The van der Waals surface area contributed by atoms with Crippen molar-refractivity contribution in [3.8, 4) is 0 Å². The molecule has 1 amide bonds. The van der Waals surface area contributed by atoms with E-state index >= 15 is 0 Å². The number of hydrogen-bond donors (Lipinski definition) is 2. The molecule has 1 aromatic heterocycles. The van der Waals surface area contributed by atoms with Crippen LogP contribution >= 0.6 is 11.3 Å². The molecule has 17 heavy (non-hydrogen) atoms. The van der Waals surface area contributed by atoms with Gasteiger partial charge in [0.2, 0.25) is 5.91 Å². The molecule has 0 aromatic carbocycles. The van der Waals surface area contributed by atoms with Crippen molar-refractivity contribution in [3.05, 3.63) is 22.4 Å². The van der Waals surface area contributed by atoms with Gasteiger partial charge in [-0.25, -0.2) is 0 Å². The SMILES string of the molecule is CCCC(NCC1CCC(=O)N1)c1cccs1. The van der Waals surface area contributed by atoms with Crippen molar-refractivity contribution in [2.75, 3.05) is 6.54 Å². The Morgan fingerprint density at radius 3 is 3.12 bits per heavy atom. The Kier molecular flexibility index (Phi) is 4.57. The molecule has 2 atom stereocenters. The molecular weight excluding hydrogens is 232 g/mol. The lowest BCUT2D eigenvalue weighted by atomic mass is 10.1. The Bertz CT molecular complexity index is 350. The first-order valence-electron chi connectivity index (χ1n) is 6.35. The molecule has 0 aliphatic carbocycles. The number of amides is 1. The maximum Gasteiger partial charge on any atom is 0.220 e. The van der Waals surface area contributed by atoms with Gasteiger partial charge in [0.1, 0.15) is 0 Å². The Balaban J connectivity index is 1.83. The molecule has 2 rings (SSSR count). The fraction of sp³-hybridized carbons (Fsp3) is 0.615. The van der Waals surface area contributed by atoms with E-state index in [4.69, 9.17) is 0 Å². The van der Waals surface area contributed by atoms with Crippen molar-refractivity contribution in [1.82, 2.24) is 10.6 Å². The largest absolute Gasteiger partial charge is 0.352 e. The van der Waals surface area contributed by atoms with E-state index in [1.807, 2.05) is 0 Å². The van der Waals surface area contributed by atoms with Gasteiger partial charge in [-0.05, 0) is 24.3 Å². The van der Waals surface area contributed by atoms with Gasteiger partial charge >= 0.3 is 0 Å². The fourth-order valence-corrected chi connectivity index (χ4v) is 3.07.